The summed E-state index contributed by atoms with van der Waals surface area (Å²) in [5, 5.41) is 13.8. The molecule has 1 fully saturated rings. The number of rotatable bonds is 4. The van der Waals surface area contributed by atoms with Gasteiger partial charge < -0.3 is 9.30 Å². The van der Waals surface area contributed by atoms with Crippen LogP contribution in [-0.4, -0.2) is 48.5 Å². The molecule has 9 nitrogen and oxygen atoms in total. The molecule has 4 aromatic rings. The van der Waals surface area contributed by atoms with Gasteiger partial charge >= 0.3 is 0 Å². The van der Waals surface area contributed by atoms with E-state index in [0.29, 0.717) is 41.2 Å². The van der Waals surface area contributed by atoms with Crippen LogP contribution in [0.15, 0.2) is 30.3 Å². The first-order chi connectivity index (χ1) is 16.8. The van der Waals surface area contributed by atoms with Gasteiger partial charge in [0.2, 0.25) is 0 Å². The van der Waals surface area contributed by atoms with Gasteiger partial charge in [-0.2, -0.15) is 4.52 Å². The highest BCUT2D eigenvalue weighted by molar-refractivity contribution is 6.30. The molecule has 0 spiro atoms. The molecule has 10 heteroatoms. The van der Waals surface area contributed by atoms with Gasteiger partial charge in [-0.15, -0.1) is 15.3 Å². The van der Waals surface area contributed by atoms with Gasteiger partial charge in [-0.25, -0.2) is 4.98 Å². The number of imidazole rings is 1. The van der Waals surface area contributed by atoms with Crippen molar-refractivity contribution in [2.75, 3.05) is 18.1 Å². The molecule has 5 heterocycles. The quantitative estimate of drug-likeness (QED) is 0.419. The maximum atomic E-state index is 14.0. The van der Waals surface area contributed by atoms with E-state index < -0.39 is 6.04 Å². The second-order valence-corrected chi connectivity index (χ2v) is 9.96. The van der Waals surface area contributed by atoms with E-state index >= 15 is 0 Å². The highest BCUT2D eigenvalue weighted by Crippen LogP contribution is 2.44. The molecular formula is C25H26ClN7O2. The minimum atomic E-state index is -0.401. The van der Waals surface area contributed by atoms with Gasteiger partial charge in [0.15, 0.2) is 23.0 Å². The number of halogens is 1. The maximum Gasteiger partial charge on any atom is 0.280 e. The first-order valence-electron chi connectivity index (χ1n) is 11.8. The van der Waals surface area contributed by atoms with Crippen molar-refractivity contribution in [1.82, 2.24) is 29.4 Å². The fourth-order valence-corrected chi connectivity index (χ4v) is 5.35. The van der Waals surface area contributed by atoms with E-state index in [9.17, 15) is 4.79 Å². The molecule has 0 bridgehead atoms. The van der Waals surface area contributed by atoms with E-state index in [1.165, 1.54) is 0 Å². The van der Waals surface area contributed by atoms with Crippen LogP contribution in [-0.2, 0) is 4.74 Å². The molecule has 1 aromatic carbocycles. The predicted octanol–water partition coefficient (Wildman–Crippen LogP) is 4.43. The smallest absolute Gasteiger partial charge is 0.280 e. The highest BCUT2D eigenvalue weighted by Gasteiger charge is 2.46. The van der Waals surface area contributed by atoms with Crippen molar-refractivity contribution >= 4 is 29.0 Å². The fourth-order valence-electron chi connectivity index (χ4n) is 5.22. The van der Waals surface area contributed by atoms with E-state index in [1.807, 2.05) is 44.2 Å². The van der Waals surface area contributed by atoms with E-state index in [1.54, 1.807) is 9.42 Å². The SMILES string of the molecule is Cc1cc(N2C(=O)c3nc(C4CCOC4)n(C(C)C)c3[C@@H]2c2ccc(Cl)cc2)nn2c(C)nnc12. The van der Waals surface area contributed by atoms with Crippen LogP contribution in [0.4, 0.5) is 5.82 Å². The molecule has 2 atom stereocenters. The molecule has 180 valence electrons. The lowest BCUT2D eigenvalue weighted by atomic mass is 10.0. The van der Waals surface area contributed by atoms with E-state index in [4.69, 9.17) is 26.4 Å². The zero-order chi connectivity index (χ0) is 24.4. The number of carbonyl (C=O) groups is 1. The van der Waals surface area contributed by atoms with E-state index in [0.717, 1.165) is 29.1 Å². The number of carbonyl (C=O) groups excluding carboxylic acids is 1. The van der Waals surface area contributed by atoms with Crippen molar-refractivity contribution in [2.24, 2.45) is 0 Å². The third-order valence-electron chi connectivity index (χ3n) is 6.86. The molecular weight excluding hydrogens is 466 g/mol. The number of aromatic nitrogens is 6. The topological polar surface area (TPSA) is 90.4 Å². The Morgan fingerprint density at radius 3 is 2.60 bits per heavy atom. The Kier molecular flexibility index (Phi) is 5.16. The van der Waals surface area contributed by atoms with E-state index in [2.05, 4.69) is 28.6 Å². The zero-order valence-electron chi connectivity index (χ0n) is 20.1. The van der Waals surface area contributed by atoms with Crippen molar-refractivity contribution in [3.8, 4) is 0 Å². The van der Waals surface area contributed by atoms with Crippen LogP contribution >= 0.6 is 11.6 Å². The summed E-state index contributed by atoms with van der Waals surface area (Å²) in [5.41, 5.74) is 3.86. The summed E-state index contributed by atoms with van der Waals surface area (Å²) in [6.45, 7) is 9.38. The Morgan fingerprint density at radius 1 is 1.14 bits per heavy atom. The van der Waals surface area contributed by atoms with Gasteiger partial charge in [-0.1, -0.05) is 23.7 Å². The van der Waals surface area contributed by atoms with Crippen molar-refractivity contribution in [1.29, 1.82) is 0 Å². The summed E-state index contributed by atoms with van der Waals surface area (Å²) >= 11 is 6.22. The first-order valence-corrected chi connectivity index (χ1v) is 12.2. The van der Waals surface area contributed by atoms with Crippen LogP contribution in [0.2, 0.25) is 5.02 Å². The maximum absolute atomic E-state index is 14.0. The second-order valence-electron chi connectivity index (χ2n) is 9.53. The van der Waals surface area contributed by atoms with Crippen molar-refractivity contribution in [2.45, 2.75) is 52.1 Å². The zero-order valence-corrected chi connectivity index (χ0v) is 20.8. The Morgan fingerprint density at radius 2 is 1.91 bits per heavy atom. The number of hydrogen-bond acceptors (Lipinski definition) is 6. The van der Waals surface area contributed by atoms with Crippen LogP contribution in [0.5, 0.6) is 0 Å². The third-order valence-corrected chi connectivity index (χ3v) is 7.11. The summed E-state index contributed by atoms with van der Waals surface area (Å²) in [6.07, 6.45) is 0.899. The highest BCUT2D eigenvalue weighted by atomic mass is 35.5. The van der Waals surface area contributed by atoms with Crippen LogP contribution in [0.3, 0.4) is 0 Å². The number of amides is 1. The normalized spacial score (nSPS) is 19.9. The summed E-state index contributed by atoms with van der Waals surface area (Å²) < 4.78 is 9.57. The molecule has 3 aromatic heterocycles. The Hall–Kier alpha value is -3.30. The minimum absolute atomic E-state index is 0.113. The summed E-state index contributed by atoms with van der Waals surface area (Å²) in [5.74, 6) is 2.11. The lowest BCUT2D eigenvalue weighted by Gasteiger charge is -2.28. The standard InChI is InChI=1S/C25H26ClN7O2/c1-13(2)31-22-20(27-24(31)17-9-10-35-12-17)25(34)32(21(22)16-5-7-18(26)8-6-16)19-11-14(3)23-29-28-15(4)33(23)30-19/h5-8,11,13,17,21H,9-10,12H2,1-4H3/t17?,21-/m0/s1. The molecule has 6 rings (SSSR count). The van der Waals surface area contributed by atoms with Gasteiger partial charge in [0.1, 0.15) is 11.9 Å². The number of fused-ring (bicyclic) bond motifs is 2. The molecule has 0 radical (unpaired) electrons. The molecule has 35 heavy (non-hydrogen) atoms. The van der Waals surface area contributed by atoms with Gasteiger partial charge in [-0.05, 0) is 63.4 Å². The second kappa shape index (κ2) is 8.13. The Labute approximate surface area is 207 Å². The van der Waals surface area contributed by atoms with Gasteiger partial charge in [0, 0.05) is 23.6 Å². The Bertz CT molecular complexity index is 1450. The molecule has 1 saturated heterocycles. The molecule has 0 N–H and O–H groups in total. The van der Waals surface area contributed by atoms with Crippen molar-refractivity contribution < 1.29 is 9.53 Å². The number of nitrogens with zero attached hydrogens (tertiary/aromatic N) is 7. The van der Waals surface area contributed by atoms with Crippen LogP contribution in [0.1, 0.15) is 77.2 Å². The fraction of sp³-hybridized carbons (Fsp3) is 0.400. The van der Waals surface area contributed by atoms with Crippen LogP contribution < -0.4 is 4.90 Å². The molecule has 2 aliphatic heterocycles. The molecule has 0 aliphatic carbocycles. The molecule has 0 saturated carbocycles. The Balaban J connectivity index is 1.59. The third kappa shape index (κ3) is 3.36. The number of benzene rings is 1. The average Bonchev–Trinajstić information content (AvgIpc) is 3.59. The van der Waals surface area contributed by atoms with Crippen LogP contribution in [0.25, 0.3) is 5.65 Å². The number of anilines is 1. The lowest BCUT2D eigenvalue weighted by Crippen LogP contribution is -2.32. The van der Waals surface area contributed by atoms with Gasteiger partial charge in [0.05, 0.1) is 12.3 Å². The summed E-state index contributed by atoms with van der Waals surface area (Å²) in [6, 6.07) is 9.24. The number of hydrogen-bond donors (Lipinski definition) is 0. The van der Waals surface area contributed by atoms with Crippen LogP contribution in [0, 0.1) is 13.8 Å². The van der Waals surface area contributed by atoms with Gasteiger partial charge in [-0.3, -0.25) is 9.69 Å². The predicted molar refractivity (Wildman–Crippen MR) is 131 cm³/mol. The summed E-state index contributed by atoms with van der Waals surface area (Å²) in [7, 11) is 0. The lowest BCUT2D eigenvalue weighted by molar-refractivity contribution is 0.0988. The number of ether oxygens (including phenoxy) is 1. The van der Waals surface area contributed by atoms with E-state index in [-0.39, 0.29) is 17.9 Å². The summed E-state index contributed by atoms with van der Waals surface area (Å²) in [4.78, 5) is 20.7. The average molecular weight is 492 g/mol. The molecule has 2 aliphatic rings. The monoisotopic (exact) mass is 491 g/mol. The number of aryl methyl sites for hydroxylation is 2. The molecule has 1 amide bonds. The van der Waals surface area contributed by atoms with Gasteiger partial charge in [0.25, 0.3) is 5.91 Å². The van der Waals surface area contributed by atoms with Crippen molar-refractivity contribution in [3.63, 3.8) is 0 Å². The van der Waals surface area contributed by atoms with Crippen molar-refractivity contribution in [3.05, 3.63) is 69.5 Å². The molecule has 1 unspecified atom stereocenters. The minimum Gasteiger partial charge on any atom is -0.381 e. The first kappa shape index (κ1) is 22.2. The largest absolute Gasteiger partial charge is 0.381 e.